The number of hydrogen-bond donors (Lipinski definition) is 0. The van der Waals surface area contributed by atoms with Gasteiger partial charge in [0.05, 0.1) is 6.04 Å². The summed E-state index contributed by atoms with van der Waals surface area (Å²) in [5.74, 6) is 0.414. The molecule has 8 heavy (non-hydrogen) atoms. The third kappa shape index (κ3) is 0.388. The van der Waals surface area contributed by atoms with Gasteiger partial charge in [-0.3, -0.25) is 0 Å². The molecule has 1 heterocycles. The van der Waals surface area contributed by atoms with Crippen LogP contribution in [0.25, 0.3) is 0 Å². The Morgan fingerprint density at radius 2 is 2.12 bits per heavy atom. The fraction of sp³-hybridized carbons (Fsp3) is 0.600. The fourth-order valence-corrected chi connectivity index (χ4v) is 1.21. The van der Waals surface area contributed by atoms with Crippen molar-refractivity contribution in [2.75, 3.05) is 0 Å². The van der Waals surface area contributed by atoms with E-state index in [0.29, 0.717) is 12.0 Å². The third-order valence-corrected chi connectivity index (χ3v) is 1.93. The highest BCUT2D eigenvalue weighted by atomic mass is 35.5. The number of rotatable bonds is 0. The molecule has 2 nitrogen and oxygen atoms in total. The van der Waals surface area contributed by atoms with Gasteiger partial charge in [-0.15, -0.1) is 0 Å². The lowest BCUT2D eigenvalue weighted by atomic mass is 9.91. The summed E-state index contributed by atoms with van der Waals surface area (Å²) in [6, 6.07) is 0.317. The first kappa shape index (κ1) is 4.50. The Hall–Kier alpha value is -0.370. The van der Waals surface area contributed by atoms with Gasteiger partial charge < -0.3 is 0 Å². The molecule has 0 N–H and O–H groups in total. The Morgan fingerprint density at radius 3 is 2.38 bits per heavy atom. The number of nitrogens with zero attached hydrogens (tertiary/aromatic N) is 2. The first-order valence-electron chi connectivity index (χ1n) is 2.60. The zero-order chi connectivity index (χ0) is 5.56. The molecule has 3 unspecified atom stereocenters. The molecule has 0 amide bonds. The maximum atomic E-state index is 5.70. The Balaban J connectivity index is 2.26. The van der Waals surface area contributed by atoms with Crippen LogP contribution in [0.15, 0.2) is 22.4 Å². The molecule has 0 bridgehead atoms. The molecule has 0 fully saturated rings. The van der Waals surface area contributed by atoms with E-state index in [0.717, 1.165) is 0 Å². The predicted molar refractivity (Wildman–Crippen MR) is 30.9 cm³/mol. The van der Waals surface area contributed by atoms with E-state index in [2.05, 4.69) is 16.3 Å². The number of azo groups is 1. The van der Waals surface area contributed by atoms with Gasteiger partial charge in [-0.2, -0.15) is 10.2 Å². The van der Waals surface area contributed by atoms with E-state index in [1.54, 1.807) is 0 Å². The summed E-state index contributed by atoms with van der Waals surface area (Å²) in [4.78, 5) is 0. The summed E-state index contributed by atoms with van der Waals surface area (Å²) >= 11 is 5.70. The van der Waals surface area contributed by atoms with Crippen LogP contribution in [0.2, 0.25) is 0 Å². The van der Waals surface area contributed by atoms with Crippen molar-refractivity contribution in [3.05, 3.63) is 12.2 Å². The minimum Gasteiger partial charge on any atom is -0.184 e. The van der Waals surface area contributed by atoms with Crippen molar-refractivity contribution in [3.8, 4) is 0 Å². The second-order valence-corrected chi connectivity index (χ2v) is 2.50. The largest absolute Gasteiger partial charge is 0.184 e. The molecule has 0 radical (unpaired) electrons. The lowest BCUT2D eigenvalue weighted by molar-refractivity contribution is 0.582. The molecule has 0 saturated heterocycles. The van der Waals surface area contributed by atoms with Gasteiger partial charge >= 0.3 is 0 Å². The van der Waals surface area contributed by atoms with Crippen LogP contribution < -0.4 is 0 Å². The van der Waals surface area contributed by atoms with Gasteiger partial charge in [-0.25, -0.2) is 0 Å². The number of hydrogen-bond acceptors (Lipinski definition) is 2. The predicted octanol–water partition coefficient (Wildman–Crippen LogP) is 1.57. The molecule has 2 aliphatic rings. The Labute approximate surface area is 52.2 Å². The van der Waals surface area contributed by atoms with E-state index in [9.17, 15) is 0 Å². The highest BCUT2D eigenvalue weighted by Crippen LogP contribution is 2.34. The van der Waals surface area contributed by atoms with Gasteiger partial charge in [0.1, 0.15) is 0 Å². The molecule has 0 aromatic carbocycles. The standard InChI is InChI=1S/C5H5ClN2/c6-5-3-1-2-4(3)7-8-5/h1-5H. The molecule has 0 spiro atoms. The first-order chi connectivity index (χ1) is 3.88. The van der Waals surface area contributed by atoms with Crippen LogP contribution in [0, 0.1) is 5.92 Å². The second kappa shape index (κ2) is 1.32. The minimum absolute atomic E-state index is 0.0787. The normalized spacial score (nSPS) is 48.9. The Kier molecular flexibility index (Phi) is 0.742. The highest BCUT2D eigenvalue weighted by molar-refractivity contribution is 6.21. The van der Waals surface area contributed by atoms with Crippen molar-refractivity contribution in [2.45, 2.75) is 11.5 Å². The van der Waals surface area contributed by atoms with Crippen LogP contribution in [-0.4, -0.2) is 11.5 Å². The summed E-state index contributed by atoms with van der Waals surface area (Å²) in [5.41, 5.74) is -0.0787. The summed E-state index contributed by atoms with van der Waals surface area (Å²) in [7, 11) is 0. The Morgan fingerprint density at radius 1 is 1.25 bits per heavy atom. The summed E-state index contributed by atoms with van der Waals surface area (Å²) in [5, 5.41) is 7.68. The van der Waals surface area contributed by atoms with Crippen molar-refractivity contribution in [2.24, 2.45) is 16.1 Å². The fourth-order valence-electron chi connectivity index (χ4n) is 0.926. The smallest absolute Gasteiger partial charge is 0.153 e. The van der Waals surface area contributed by atoms with Crippen LogP contribution >= 0.6 is 11.6 Å². The van der Waals surface area contributed by atoms with Crippen LogP contribution in [0.3, 0.4) is 0 Å². The molecule has 1 aliphatic carbocycles. The van der Waals surface area contributed by atoms with Gasteiger partial charge in [0.15, 0.2) is 5.50 Å². The maximum Gasteiger partial charge on any atom is 0.153 e. The zero-order valence-electron chi connectivity index (χ0n) is 4.16. The van der Waals surface area contributed by atoms with Crippen LogP contribution in [0.1, 0.15) is 0 Å². The molecule has 0 aromatic rings. The van der Waals surface area contributed by atoms with Crippen molar-refractivity contribution in [1.82, 2.24) is 0 Å². The number of alkyl halides is 1. The van der Waals surface area contributed by atoms with Gasteiger partial charge in [-0.1, -0.05) is 23.8 Å². The van der Waals surface area contributed by atoms with E-state index < -0.39 is 0 Å². The summed E-state index contributed by atoms with van der Waals surface area (Å²) in [6.07, 6.45) is 4.08. The lowest BCUT2D eigenvalue weighted by Crippen LogP contribution is -2.23. The molecule has 0 aromatic heterocycles. The highest BCUT2D eigenvalue weighted by Gasteiger charge is 2.35. The molecule has 1 aliphatic heterocycles. The van der Waals surface area contributed by atoms with Crippen LogP contribution in [0.5, 0.6) is 0 Å². The lowest BCUT2D eigenvalue weighted by Gasteiger charge is -2.18. The number of fused-ring (bicyclic) bond motifs is 1. The average molecular weight is 129 g/mol. The van der Waals surface area contributed by atoms with Crippen molar-refractivity contribution in [1.29, 1.82) is 0 Å². The average Bonchev–Trinajstić information content (AvgIpc) is 1.80. The molecular formula is C5H5ClN2. The molecule has 2 rings (SSSR count). The number of halogens is 1. The summed E-state index contributed by atoms with van der Waals surface area (Å²) in [6.45, 7) is 0. The molecule has 3 atom stereocenters. The quantitative estimate of drug-likeness (QED) is 0.269. The van der Waals surface area contributed by atoms with E-state index in [4.69, 9.17) is 11.6 Å². The van der Waals surface area contributed by atoms with E-state index in [1.807, 2.05) is 6.08 Å². The van der Waals surface area contributed by atoms with E-state index in [-0.39, 0.29) is 5.50 Å². The van der Waals surface area contributed by atoms with Gasteiger partial charge in [-0.05, 0) is 0 Å². The molecular weight excluding hydrogens is 124 g/mol. The van der Waals surface area contributed by atoms with Gasteiger partial charge in [0.25, 0.3) is 0 Å². The second-order valence-electron chi connectivity index (χ2n) is 2.06. The van der Waals surface area contributed by atoms with Crippen LogP contribution in [0.4, 0.5) is 0 Å². The van der Waals surface area contributed by atoms with Crippen molar-refractivity contribution in [3.63, 3.8) is 0 Å². The van der Waals surface area contributed by atoms with Gasteiger partial charge in [0, 0.05) is 5.92 Å². The van der Waals surface area contributed by atoms with Gasteiger partial charge in [0.2, 0.25) is 0 Å². The molecule has 3 heteroatoms. The van der Waals surface area contributed by atoms with Crippen molar-refractivity contribution >= 4 is 11.6 Å². The van der Waals surface area contributed by atoms with Crippen molar-refractivity contribution < 1.29 is 0 Å². The van der Waals surface area contributed by atoms with E-state index >= 15 is 0 Å². The first-order valence-corrected chi connectivity index (χ1v) is 3.04. The van der Waals surface area contributed by atoms with E-state index in [1.165, 1.54) is 0 Å². The van der Waals surface area contributed by atoms with Crippen LogP contribution in [-0.2, 0) is 0 Å². The molecule has 42 valence electrons. The third-order valence-electron chi connectivity index (χ3n) is 1.55. The summed E-state index contributed by atoms with van der Waals surface area (Å²) < 4.78 is 0. The zero-order valence-corrected chi connectivity index (χ0v) is 4.92. The topological polar surface area (TPSA) is 24.7 Å². The molecule has 0 saturated carbocycles. The maximum absolute atomic E-state index is 5.70. The monoisotopic (exact) mass is 128 g/mol. The minimum atomic E-state index is -0.0787. The SMILES string of the molecule is ClC1N=NC2C=CC12. The Bertz CT molecular complexity index is 164.